The fourth-order valence-electron chi connectivity index (χ4n) is 1.82. The minimum Gasteiger partial charge on any atom is -0.324 e. The second kappa shape index (κ2) is 7.10. The third kappa shape index (κ3) is 4.99. The molecule has 1 atom stereocenters. The first kappa shape index (κ1) is 18.2. The van der Waals surface area contributed by atoms with Gasteiger partial charge in [0.25, 0.3) is 0 Å². The second-order valence-electron chi connectivity index (χ2n) is 4.78. The molecule has 0 saturated heterocycles. The summed E-state index contributed by atoms with van der Waals surface area (Å²) in [5.74, 6) is -0.918. The van der Waals surface area contributed by atoms with Gasteiger partial charge < -0.3 is 5.73 Å². The van der Waals surface area contributed by atoms with E-state index in [1.54, 1.807) is 0 Å². The molecule has 0 aromatic heterocycles. The van der Waals surface area contributed by atoms with Crippen LogP contribution in [0.5, 0.6) is 0 Å². The third-order valence-corrected chi connectivity index (χ3v) is 2.78. The molecule has 0 unspecified atom stereocenters. The van der Waals surface area contributed by atoms with E-state index in [1.807, 2.05) is 13.8 Å². The minimum absolute atomic E-state index is 0. The summed E-state index contributed by atoms with van der Waals surface area (Å²) in [4.78, 5) is 0. The Balaban J connectivity index is 0.00000324. The Hall–Kier alpha value is -0.810. The average Bonchev–Trinajstić information content (AvgIpc) is 2.23. The summed E-state index contributed by atoms with van der Waals surface area (Å²) in [6, 6.07) is 2.52. The van der Waals surface area contributed by atoms with Crippen LogP contribution in [0, 0.1) is 11.7 Å². The smallest absolute Gasteiger partial charge is 0.324 e. The first-order chi connectivity index (χ1) is 8.23. The van der Waals surface area contributed by atoms with E-state index in [4.69, 9.17) is 5.73 Å². The Morgan fingerprint density at radius 3 is 2.21 bits per heavy atom. The molecule has 0 saturated carbocycles. The minimum atomic E-state index is -4.71. The van der Waals surface area contributed by atoms with Crippen LogP contribution in [0.1, 0.15) is 43.9 Å². The van der Waals surface area contributed by atoms with Gasteiger partial charge in [-0.1, -0.05) is 26.0 Å². The summed E-state index contributed by atoms with van der Waals surface area (Å²) in [5.41, 5.74) is 4.34. The standard InChI is InChI=1S/C13H17F4N.ClH/c1-8(2)6-7-11(18)9-4-3-5-10(14)12(9)13(15,16)17;/h3-5,8,11H,6-7,18H2,1-2H3;1H/t11-;/m0./s1. The van der Waals surface area contributed by atoms with Gasteiger partial charge in [0.1, 0.15) is 5.82 Å². The second-order valence-corrected chi connectivity index (χ2v) is 4.78. The van der Waals surface area contributed by atoms with Gasteiger partial charge in [-0.15, -0.1) is 12.4 Å². The zero-order valence-electron chi connectivity index (χ0n) is 10.8. The molecule has 0 aliphatic heterocycles. The van der Waals surface area contributed by atoms with Crippen molar-refractivity contribution in [1.82, 2.24) is 0 Å². The van der Waals surface area contributed by atoms with E-state index >= 15 is 0 Å². The monoisotopic (exact) mass is 299 g/mol. The molecule has 6 heteroatoms. The number of hydrogen-bond donors (Lipinski definition) is 1. The van der Waals surface area contributed by atoms with Crippen LogP contribution in [-0.2, 0) is 6.18 Å². The maximum atomic E-state index is 13.3. The van der Waals surface area contributed by atoms with Crippen molar-refractivity contribution in [3.05, 3.63) is 35.1 Å². The van der Waals surface area contributed by atoms with Crippen LogP contribution in [0.25, 0.3) is 0 Å². The molecule has 0 fully saturated rings. The zero-order valence-corrected chi connectivity index (χ0v) is 11.6. The van der Waals surface area contributed by atoms with Gasteiger partial charge in [-0.05, 0) is 30.4 Å². The highest BCUT2D eigenvalue weighted by Crippen LogP contribution is 2.37. The summed E-state index contributed by atoms with van der Waals surface area (Å²) < 4.78 is 51.6. The number of rotatable bonds is 4. The normalized spacial score (nSPS) is 13.3. The lowest BCUT2D eigenvalue weighted by atomic mass is 9.94. The van der Waals surface area contributed by atoms with Crippen LogP contribution in [0.4, 0.5) is 17.6 Å². The highest BCUT2D eigenvalue weighted by molar-refractivity contribution is 5.85. The first-order valence-electron chi connectivity index (χ1n) is 5.84. The number of benzene rings is 1. The average molecular weight is 300 g/mol. The summed E-state index contributed by atoms with van der Waals surface area (Å²) in [7, 11) is 0. The van der Waals surface area contributed by atoms with Crippen LogP contribution >= 0.6 is 12.4 Å². The van der Waals surface area contributed by atoms with E-state index < -0.39 is 23.6 Å². The third-order valence-electron chi connectivity index (χ3n) is 2.78. The highest BCUT2D eigenvalue weighted by Gasteiger charge is 2.37. The fourth-order valence-corrected chi connectivity index (χ4v) is 1.82. The van der Waals surface area contributed by atoms with E-state index in [9.17, 15) is 17.6 Å². The summed E-state index contributed by atoms with van der Waals surface area (Å²) in [5, 5.41) is 0. The molecule has 1 aromatic carbocycles. The van der Waals surface area contributed by atoms with Crippen molar-refractivity contribution in [3.8, 4) is 0 Å². The number of nitrogens with two attached hydrogens (primary N) is 1. The molecule has 19 heavy (non-hydrogen) atoms. The number of hydrogen-bond acceptors (Lipinski definition) is 1. The van der Waals surface area contributed by atoms with Crippen molar-refractivity contribution < 1.29 is 17.6 Å². The van der Waals surface area contributed by atoms with E-state index in [0.29, 0.717) is 18.8 Å². The fraction of sp³-hybridized carbons (Fsp3) is 0.538. The van der Waals surface area contributed by atoms with Gasteiger partial charge in [0.05, 0.1) is 5.56 Å². The molecule has 0 amide bonds. The van der Waals surface area contributed by atoms with Crippen LogP contribution < -0.4 is 5.73 Å². The lowest BCUT2D eigenvalue weighted by Gasteiger charge is -2.19. The lowest BCUT2D eigenvalue weighted by molar-refractivity contribution is -0.140. The van der Waals surface area contributed by atoms with Crippen molar-refractivity contribution in [3.63, 3.8) is 0 Å². The molecule has 1 aromatic rings. The summed E-state index contributed by atoms with van der Waals surface area (Å²) >= 11 is 0. The summed E-state index contributed by atoms with van der Waals surface area (Å²) in [6.45, 7) is 3.92. The van der Waals surface area contributed by atoms with E-state index in [2.05, 4.69) is 0 Å². The highest BCUT2D eigenvalue weighted by atomic mass is 35.5. The molecule has 0 aliphatic carbocycles. The van der Waals surface area contributed by atoms with Crippen molar-refractivity contribution in [1.29, 1.82) is 0 Å². The van der Waals surface area contributed by atoms with Gasteiger partial charge in [-0.2, -0.15) is 13.2 Å². The van der Waals surface area contributed by atoms with Crippen LogP contribution in [0.3, 0.4) is 0 Å². The Kier molecular flexibility index (Phi) is 6.80. The Bertz CT molecular complexity index is 404. The Morgan fingerprint density at radius 1 is 1.16 bits per heavy atom. The molecule has 0 heterocycles. The van der Waals surface area contributed by atoms with Gasteiger partial charge in [0.2, 0.25) is 0 Å². The quantitative estimate of drug-likeness (QED) is 0.801. The van der Waals surface area contributed by atoms with Gasteiger partial charge >= 0.3 is 6.18 Å². The van der Waals surface area contributed by atoms with Gasteiger partial charge in [0, 0.05) is 6.04 Å². The molecular formula is C13H18ClF4N. The maximum Gasteiger partial charge on any atom is 0.419 e. The Morgan fingerprint density at radius 2 is 1.74 bits per heavy atom. The molecule has 110 valence electrons. The van der Waals surface area contributed by atoms with E-state index in [1.165, 1.54) is 12.1 Å². The van der Waals surface area contributed by atoms with Crippen molar-refractivity contribution in [2.75, 3.05) is 0 Å². The van der Waals surface area contributed by atoms with Crippen molar-refractivity contribution in [2.24, 2.45) is 11.7 Å². The first-order valence-corrected chi connectivity index (χ1v) is 5.84. The molecule has 0 spiro atoms. The molecule has 2 N–H and O–H groups in total. The molecule has 0 radical (unpaired) electrons. The van der Waals surface area contributed by atoms with Crippen LogP contribution in [0.2, 0.25) is 0 Å². The van der Waals surface area contributed by atoms with Crippen molar-refractivity contribution >= 4 is 12.4 Å². The lowest BCUT2D eigenvalue weighted by Crippen LogP contribution is -2.19. The molecule has 0 aliphatic rings. The molecular weight excluding hydrogens is 282 g/mol. The number of halogens is 5. The summed E-state index contributed by atoms with van der Waals surface area (Å²) in [6.07, 6.45) is -3.60. The van der Waals surface area contributed by atoms with Crippen LogP contribution in [0.15, 0.2) is 18.2 Å². The molecule has 1 nitrogen and oxygen atoms in total. The zero-order chi connectivity index (χ0) is 13.9. The predicted octanol–water partition coefficient (Wildman–Crippen LogP) is 4.70. The number of alkyl halides is 3. The van der Waals surface area contributed by atoms with Gasteiger partial charge in [-0.3, -0.25) is 0 Å². The van der Waals surface area contributed by atoms with E-state index in [-0.39, 0.29) is 18.0 Å². The van der Waals surface area contributed by atoms with Crippen LogP contribution in [-0.4, -0.2) is 0 Å². The maximum absolute atomic E-state index is 13.3. The molecule has 0 bridgehead atoms. The van der Waals surface area contributed by atoms with Gasteiger partial charge in [0.15, 0.2) is 0 Å². The topological polar surface area (TPSA) is 26.0 Å². The predicted molar refractivity (Wildman–Crippen MR) is 69.7 cm³/mol. The molecule has 1 rings (SSSR count). The van der Waals surface area contributed by atoms with E-state index in [0.717, 1.165) is 6.07 Å². The largest absolute Gasteiger partial charge is 0.419 e. The SMILES string of the molecule is CC(C)CC[C@H](N)c1cccc(F)c1C(F)(F)F.Cl. The Labute approximate surface area is 116 Å². The van der Waals surface area contributed by atoms with Crippen molar-refractivity contribution in [2.45, 2.75) is 38.9 Å². The van der Waals surface area contributed by atoms with Gasteiger partial charge in [-0.25, -0.2) is 4.39 Å².